The Balaban J connectivity index is 1.98. The van der Waals surface area contributed by atoms with Crippen molar-refractivity contribution < 1.29 is 9.90 Å². The molecule has 17 heavy (non-hydrogen) atoms. The maximum Gasteiger partial charge on any atom is 0.303 e. The van der Waals surface area contributed by atoms with Crippen LogP contribution in [0.25, 0.3) is 0 Å². The van der Waals surface area contributed by atoms with Gasteiger partial charge in [-0.25, -0.2) is 0 Å². The van der Waals surface area contributed by atoms with Crippen LogP contribution in [-0.4, -0.2) is 27.0 Å². The molecule has 1 aromatic heterocycles. The summed E-state index contributed by atoms with van der Waals surface area (Å²) in [5.74, 6) is -0.0267. The molecule has 7 heteroatoms. The summed E-state index contributed by atoms with van der Waals surface area (Å²) in [6, 6.07) is 1.65. The van der Waals surface area contributed by atoms with Crippen molar-refractivity contribution in [1.29, 1.82) is 0 Å². The number of aliphatic carboxylic acids is 1. The van der Waals surface area contributed by atoms with Gasteiger partial charge in [-0.1, -0.05) is 23.2 Å². The summed E-state index contributed by atoms with van der Waals surface area (Å²) in [5.41, 5.74) is -0.0738. The van der Waals surface area contributed by atoms with Gasteiger partial charge in [0.15, 0.2) is 10.3 Å². The van der Waals surface area contributed by atoms with Crippen molar-refractivity contribution in [3.8, 4) is 0 Å². The number of rotatable bonds is 5. The second kappa shape index (κ2) is 5.00. The smallest absolute Gasteiger partial charge is 0.303 e. The summed E-state index contributed by atoms with van der Waals surface area (Å²) in [4.78, 5) is 11.5. The van der Waals surface area contributed by atoms with Crippen molar-refractivity contribution in [2.45, 2.75) is 24.2 Å². The van der Waals surface area contributed by atoms with E-state index in [1.54, 1.807) is 6.07 Å². The maximum atomic E-state index is 10.7. The van der Waals surface area contributed by atoms with E-state index in [1.807, 2.05) is 0 Å². The van der Waals surface area contributed by atoms with Gasteiger partial charge in [0.2, 0.25) is 0 Å². The lowest BCUT2D eigenvalue weighted by Crippen LogP contribution is -2.11. The molecular formula is C10H10Cl2N2O2S. The number of hydrogen-bond acceptors (Lipinski definition) is 4. The van der Waals surface area contributed by atoms with E-state index in [-0.39, 0.29) is 11.8 Å². The first-order chi connectivity index (χ1) is 8.01. The maximum absolute atomic E-state index is 10.7. The third kappa shape index (κ3) is 3.47. The molecule has 1 saturated carbocycles. The number of thioether (sulfide) groups is 1. The van der Waals surface area contributed by atoms with Crippen LogP contribution in [0.5, 0.6) is 0 Å². The Hall–Kier alpha value is -0.520. The molecule has 0 atom stereocenters. The van der Waals surface area contributed by atoms with Gasteiger partial charge in [-0.2, -0.15) is 0 Å². The van der Waals surface area contributed by atoms with E-state index >= 15 is 0 Å². The first-order valence-electron chi connectivity index (χ1n) is 5.04. The normalized spacial score (nSPS) is 16.8. The van der Waals surface area contributed by atoms with E-state index in [1.165, 1.54) is 11.8 Å². The van der Waals surface area contributed by atoms with Crippen molar-refractivity contribution in [3.63, 3.8) is 0 Å². The van der Waals surface area contributed by atoms with Crippen LogP contribution in [0.4, 0.5) is 0 Å². The highest BCUT2D eigenvalue weighted by Gasteiger charge is 2.44. The van der Waals surface area contributed by atoms with Crippen LogP contribution in [-0.2, 0) is 4.79 Å². The summed E-state index contributed by atoms with van der Waals surface area (Å²) >= 11 is 13.1. The summed E-state index contributed by atoms with van der Waals surface area (Å²) in [7, 11) is 0. The topological polar surface area (TPSA) is 63.1 Å². The monoisotopic (exact) mass is 292 g/mol. The number of halogens is 2. The van der Waals surface area contributed by atoms with Gasteiger partial charge in [0.05, 0.1) is 6.42 Å². The third-order valence-electron chi connectivity index (χ3n) is 2.70. The van der Waals surface area contributed by atoms with Crippen molar-refractivity contribution >= 4 is 40.9 Å². The van der Waals surface area contributed by atoms with Crippen LogP contribution in [0.15, 0.2) is 11.0 Å². The van der Waals surface area contributed by atoms with Crippen LogP contribution in [0.2, 0.25) is 10.3 Å². The van der Waals surface area contributed by atoms with Crippen molar-refractivity contribution in [2.75, 3.05) is 5.75 Å². The molecule has 0 bridgehead atoms. The molecule has 2 rings (SSSR count). The highest BCUT2D eigenvalue weighted by atomic mass is 35.5. The highest BCUT2D eigenvalue weighted by Crippen LogP contribution is 2.52. The highest BCUT2D eigenvalue weighted by molar-refractivity contribution is 7.99. The van der Waals surface area contributed by atoms with E-state index < -0.39 is 5.97 Å². The fourth-order valence-corrected chi connectivity index (χ4v) is 3.21. The van der Waals surface area contributed by atoms with E-state index in [9.17, 15) is 4.79 Å². The zero-order chi connectivity index (χ0) is 12.5. The Morgan fingerprint density at radius 2 is 2.18 bits per heavy atom. The first-order valence-corrected chi connectivity index (χ1v) is 6.78. The summed E-state index contributed by atoms with van der Waals surface area (Å²) < 4.78 is 0. The molecule has 92 valence electrons. The minimum Gasteiger partial charge on any atom is -0.481 e. The molecule has 1 aromatic rings. The Morgan fingerprint density at radius 3 is 2.76 bits per heavy atom. The molecule has 1 fully saturated rings. The molecule has 0 radical (unpaired) electrons. The lowest BCUT2D eigenvalue weighted by molar-refractivity contribution is -0.138. The van der Waals surface area contributed by atoms with Gasteiger partial charge in [0, 0.05) is 10.6 Å². The SMILES string of the molecule is O=C(O)CC1(CSc2cc(Cl)nnc2Cl)CC1. The fourth-order valence-electron chi connectivity index (χ4n) is 1.54. The predicted octanol–water partition coefficient (Wildman–Crippen LogP) is 3.13. The van der Waals surface area contributed by atoms with Crippen LogP contribution in [0, 0.1) is 5.41 Å². The molecule has 1 aliphatic carbocycles. The molecule has 0 aromatic carbocycles. The summed E-state index contributed by atoms with van der Waals surface area (Å²) in [5, 5.41) is 16.7. The Labute approximate surface area is 113 Å². The van der Waals surface area contributed by atoms with E-state index in [0.29, 0.717) is 10.3 Å². The van der Waals surface area contributed by atoms with Crippen molar-refractivity contribution in [2.24, 2.45) is 5.41 Å². The van der Waals surface area contributed by atoms with E-state index in [4.69, 9.17) is 28.3 Å². The van der Waals surface area contributed by atoms with Gasteiger partial charge >= 0.3 is 5.97 Å². The molecule has 0 spiro atoms. The predicted molar refractivity (Wildman–Crippen MR) is 66.7 cm³/mol. The molecule has 1 aliphatic rings. The van der Waals surface area contributed by atoms with E-state index in [2.05, 4.69) is 10.2 Å². The average Bonchev–Trinajstić information content (AvgIpc) is 2.99. The molecule has 0 amide bonds. The number of hydrogen-bond donors (Lipinski definition) is 1. The molecule has 1 N–H and O–H groups in total. The number of nitrogens with zero attached hydrogens (tertiary/aromatic N) is 2. The van der Waals surface area contributed by atoms with Crippen molar-refractivity contribution in [3.05, 3.63) is 16.4 Å². The zero-order valence-electron chi connectivity index (χ0n) is 8.82. The first kappa shape index (κ1) is 12.9. The standard InChI is InChI=1S/C10H10Cl2N2O2S/c11-7-3-6(9(12)14-13-7)17-5-10(1-2-10)4-8(15)16/h3H,1-2,4-5H2,(H,15,16). The second-order valence-electron chi connectivity index (χ2n) is 4.18. The molecular weight excluding hydrogens is 283 g/mol. The molecule has 4 nitrogen and oxygen atoms in total. The zero-order valence-corrected chi connectivity index (χ0v) is 11.1. The van der Waals surface area contributed by atoms with Gasteiger partial charge in [-0.3, -0.25) is 4.79 Å². The lowest BCUT2D eigenvalue weighted by atomic mass is 10.1. The number of carbonyl (C=O) groups is 1. The number of carboxylic acid groups (broad SMARTS) is 1. The minimum atomic E-state index is -0.750. The van der Waals surface area contributed by atoms with Crippen LogP contribution in [0.3, 0.4) is 0 Å². The van der Waals surface area contributed by atoms with Crippen LogP contribution < -0.4 is 0 Å². The third-order valence-corrected chi connectivity index (χ3v) is 4.66. The quantitative estimate of drug-likeness (QED) is 0.845. The lowest BCUT2D eigenvalue weighted by Gasteiger charge is -2.11. The van der Waals surface area contributed by atoms with Gasteiger partial charge in [-0.05, 0) is 24.3 Å². The molecule has 0 aliphatic heterocycles. The second-order valence-corrected chi connectivity index (χ2v) is 5.94. The molecule has 0 unspecified atom stereocenters. The minimum absolute atomic E-state index is 0.0738. The number of carboxylic acids is 1. The largest absolute Gasteiger partial charge is 0.481 e. The van der Waals surface area contributed by atoms with Crippen LogP contribution >= 0.6 is 35.0 Å². The van der Waals surface area contributed by atoms with Gasteiger partial charge in [-0.15, -0.1) is 22.0 Å². The van der Waals surface area contributed by atoms with E-state index in [0.717, 1.165) is 23.5 Å². The average molecular weight is 293 g/mol. The Kier molecular flexibility index (Phi) is 3.80. The van der Waals surface area contributed by atoms with Gasteiger partial charge < -0.3 is 5.11 Å². The molecule has 1 heterocycles. The Bertz CT molecular complexity index is 452. The van der Waals surface area contributed by atoms with Gasteiger partial charge in [0.25, 0.3) is 0 Å². The summed E-state index contributed by atoms with van der Waals surface area (Å²) in [6.45, 7) is 0. The fraction of sp³-hybridized carbons (Fsp3) is 0.500. The van der Waals surface area contributed by atoms with Gasteiger partial charge in [0.1, 0.15) is 0 Å². The number of aromatic nitrogens is 2. The molecule has 0 saturated heterocycles. The summed E-state index contributed by atoms with van der Waals surface area (Å²) in [6.07, 6.45) is 2.12. The Morgan fingerprint density at radius 1 is 1.47 bits per heavy atom. The van der Waals surface area contributed by atoms with Crippen molar-refractivity contribution in [1.82, 2.24) is 10.2 Å². The van der Waals surface area contributed by atoms with Crippen LogP contribution in [0.1, 0.15) is 19.3 Å².